The van der Waals surface area contributed by atoms with E-state index in [0.29, 0.717) is 12.1 Å². The number of rotatable bonds is 6. The highest BCUT2D eigenvalue weighted by Crippen LogP contribution is 2.32. The first kappa shape index (κ1) is 16.2. The van der Waals surface area contributed by atoms with Gasteiger partial charge < -0.3 is 15.2 Å². The van der Waals surface area contributed by atoms with Gasteiger partial charge in [0.05, 0.1) is 12.7 Å². The van der Waals surface area contributed by atoms with Crippen LogP contribution in [0.25, 0.3) is 0 Å². The molecule has 3 unspecified atom stereocenters. The molecule has 1 aliphatic carbocycles. The second-order valence-corrected chi connectivity index (χ2v) is 6.43. The molecule has 20 heavy (non-hydrogen) atoms. The Labute approximate surface area is 123 Å². The van der Waals surface area contributed by atoms with Crippen LogP contribution in [0, 0.1) is 0 Å². The molecule has 2 aliphatic rings. The second-order valence-electron chi connectivity index (χ2n) is 6.43. The molecule has 0 aromatic rings. The molecule has 4 heteroatoms. The number of likely N-dealkylation sites (N-methyl/N-ethyl adjacent to an activating group) is 1. The molecule has 1 saturated heterocycles. The lowest BCUT2D eigenvalue weighted by Crippen LogP contribution is -2.57. The topological polar surface area (TPSA) is 44.7 Å². The molecule has 0 amide bonds. The summed E-state index contributed by atoms with van der Waals surface area (Å²) in [6.07, 6.45) is 7.54. The molecule has 1 heterocycles. The van der Waals surface area contributed by atoms with Crippen molar-refractivity contribution in [3.63, 3.8) is 0 Å². The van der Waals surface area contributed by atoms with Crippen molar-refractivity contribution in [2.45, 2.75) is 70.1 Å². The fourth-order valence-corrected chi connectivity index (χ4v) is 4.05. The smallest absolute Gasteiger partial charge is 0.0702 e. The Morgan fingerprint density at radius 2 is 2.15 bits per heavy atom. The van der Waals surface area contributed by atoms with Crippen molar-refractivity contribution < 1.29 is 9.84 Å². The minimum atomic E-state index is -0.0454. The Morgan fingerprint density at radius 1 is 1.30 bits per heavy atom. The molecule has 0 aromatic carbocycles. The van der Waals surface area contributed by atoms with E-state index in [1.165, 1.54) is 32.2 Å². The monoisotopic (exact) mass is 284 g/mol. The number of hydrogen-bond donors (Lipinski definition) is 2. The minimum Gasteiger partial charge on any atom is -0.394 e. The number of likely N-dealkylation sites (tertiary alicyclic amines) is 1. The van der Waals surface area contributed by atoms with E-state index < -0.39 is 0 Å². The standard InChI is InChI=1S/C16H32N2O2/c1-3-17-16(13-19)9-5-7-14(11-16)18-10-6-8-15(12-18)20-4-2/h14-15,17,19H,3-13H2,1-2H3. The molecule has 0 bridgehead atoms. The van der Waals surface area contributed by atoms with E-state index in [1.54, 1.807) is 0 Å². The maximum Gasteiger partial charge on any atom is 0.0702 e. The number of piperidine rings is 1. The quantitative estimate of drug-likeness (QED) is 0.780. The van der Waals surface area contributed by atoms with Gasteiger partial charge in [-0.2, -0.15) is 0 Å². The van der Waals surface area contributed by atoms with Crippen LogP contribution in [0.3, 0.4) is 0 Å². The van der Waals surface area contributed by atoms with Crippen LogP contribution in [0.5, 0.6) is 0 Å². The third-order valence-electron chi connectivity index (χ3n) is 5.00. The van der Waals surface area contributed by atoms with Gasteiger partial charge in [0.25, 0.3) is 0 Å². The molecular weight excluding hydrogens is 252 g/mol. The first-order valence-corrected chi connectivity index (χ1v) is 8.44. The van der Waals surface area contributed by atoms with E-state index in [4.69, 9.17) is 4.74 Å². The zero-order chi connectivity index (χ0) is 14.4. The Balaban J connectivity index is 1.93. The zero-order valence-electron chi connectivity index (χ0n) is 13.2. The van der Waals surface area contributed by atoms with Crippen LogP contribution in [-0.2, 0) is 4.74 Å². The van der Waals surface area contributed by atoms with Crippen LogP contribution in [0.2, 0.25) is 0 Å². The van der Waals surface area contributed by atoms with Crippen molar-refractivity contribution in [2.24, 2.45) is 0 Å². The summed E-state index contributed by atoms with van der Waals surface area (Å²) in [7, 11) is 0. The predicted octanol–water partition coefficient (Wildman–Crippen LogP) is 1.77. The number of aliphatic hydroxyl groups excluding tert-OH is 1. The maximum atomic E-state index is 9.82. The van der Waals surface area contributed by atoms with E-state index >= 15 is 0 Å². The molecule has 1 aliphatic heterocycles. The van der Waals surface area contributed by atoms with Crippen LogP contribution in [0.4, 0.5) is 0 Å². The summed E-state index contributed by atoms with van der Waals surface area (Å²) in [5, 5.41) is 13.4. The third-order valence-corrected chi connectivity index (χ3v) is 5.00. The Bertz CT molecular complexity index is 282. The van der Waals surface area contributed by atoms with Crippen molar-refractivity contribution in [1.82, 2.24) is 10.2 Å². The molecule has 2 rings (SSSR count). The Kier molecular flexibility index (Phi) is 6.27. The summed E-state index contributed by atoms with van der Waals surface area (Å²) in [5.41, 5.74) is -0.0454. The lowest BCUT2D eigenvalue weighted by Gasteiger charge is -2.46. The van der Waals surface area contributed by atoms with Gasteiger partial charge in [0, 0.05) is 24.7 Å². The third kappa shape index (κ3) is 3.94. The lowest BCUT2D eigenvalue weighted by atomic mass is 9.78. The van der Waals surface area contributed by atoms with Crippen molar-refractivity contribution in [3.05, 3.63) is 0 Å². The van der Waals surface area contributed by atoms with Crippen molar-refractivity contribution in [2.75, 3.05) is 32.8 Å². The summed E-state index contributed by atoms with van der Waals surface area (Å²) in [5.74, 6) is 0. The number of aliphatic hydroxyl groups is 1. The lowest BCUT2D eigenvalue weighted by molar-refractivity contribution is -0.0239. The van der Waals surface area contributed by atoms with Gasteiger partial charge in [-0.3, -0.25) is 4.90 Å². The SMILES string of the molecule is CCNC1(CO)CCCC(N2CCCC(OCC)C2)C1. The Hall–Kier alpha value is -0.160. The van der Waals surface area contributed by atoms with Crippen LogP contribution >= 0.6 is 0 Å². The van der Waals surface area contributed by atoms with Gasteiger partial charge in [0.2, 0.25) is 0 Å². The van der Waals surface area contributed by atoms with E-state index in [0.717, 1.165) is 32.5 Å². The summed E-state index contributed by atoms with van der Waals surface area (Å²) in [6, 6.07) is 0.609. The molecule has 0 radical (unpaired) electrons. The maximum absolute atomic E-state index is 9.82. The number of ether oxygens (including phenoxy) is 1. The molecule has 0 aromatic heterocycles. The fraction of sp³-hybridized carbons (Fsp3) is 1.00. The summed E-state index contributed by atoms with van der Waals surface area (Å²) in [6.45, 7) is 8.51. The molecule has 0 spiro atoms. The van der Waals surface area contributed by atoms with E-state index in [9.17, 15) is 5.11 Å². The molecule has 4 nitrogen and oxygen atoms in total. The van der Waals surface area contributed by atoms with Crippen LogP contribution in [-0.4, -0.2) is 60.5 Å². The minimum absolute atomic E-state index is 0.0454. The fourth-order valence-electron chi connectivity index (χ4n) is 4.05. The largest absolute Gasteiger partial charge is 0.394 e. The number of hydrogen-bond acceptors (Lipinski definition) is 4. The predicted molar refractivity (Wildman–Crippen MR) is 82.0 cm³/mol. The highest BCUT2D eigenvalue weighted by Gasteiger charge is 2.38. The van der Waals surface area contributed by atoms with Crippen LogP contribution in [0.15, 0.2) is 0 Å². The van der Waals surface area contributed by atoms with E-state index in [1.807, 2.05) is 0 Å². The van der Waals surface area contributed by atoms with Gasteiger partial charge in [0.15, 0.2) is 0 Å². The Morgan fingerprint density at radius 3 is 2.85 bits per heavy atom. The van der Waals surface area contributed by atoms with Gasteiger partial charge in [-0.25, -0.2) is 0 Å². The van der Waals surface area contributed by atoms with Gasteiger partial charge in [-0.15, -0.1) is 0 Å². The molecule has 118 valence electrons. The molecule has 2 fully saturated rings. The average molecular weight is 284 g/mol. The summed E-state index contributed by atoms with van der Waals surface area (Å²) < 4.78 is 5.82. The van der Waals surface area contributed by atoms with Crippen molar-refractivity contribution in [1.29, 1.82) is 0 Å². The number of nitrogens with one attached hydrogen (secondary N) is 1. The molecule has 3 atom stereocenters. The number of nitrogens with zero attached hydrogens (tertiary/aromatic N) is 1. The zero-order valence-corrected chi connectivity index (χ0v) is 13.2. The first-order chi connectivity index (χ1) is 9.73. The first-order valence-electron chi connectivity index (χ1n) is 8.44. The van der Waals surface area contributed by atoms with Gasteiger partial charge >= 0.3 is 0 Å². The van der Waals surface area contributed by atoms with E-state index in [2.05, 4.69) is 24.1 Å². The average Bonchev–Trinajstić information content (AvgIpc) is 2.48. The van der Waals surface area contributed by atoms with Crippen molar-refractivity contribution in [3.8, 4) is 0 Å². The molecule has 2 N–H and O–H groups in total. The van der Waals surface area contributed by atoms with Crippen LogP contribution < -0.4 is 5.32 Å². The van der Waals surface area contributed by atoms with Gasteiger partial charge in [-0.05, 0) is 58.5 Å². The highest BCUT2D eigenvalue weighted by molar-refractivity contribution is 4.97. The van der Waals surface area contributed by atoms with E-state index in [-0.39, 0.29) is 12.1 Å². The summed E-state index contributed by atoms with van der Waals surface area (Å²) in [4.78, 5) is 2.62. The molecule has 1 saturated carbocycles. The molecular formula is C16H32N2O2. The van der Waals surface area contributed by atoms with Crippen molar-refractivity contribution >= 4 is 0 Å². The normalized spacial score (nSPS) is 36.1. The highest BCUT2D eigenvalue weighted by atomic mass is 16.5. The van der Waals surface area contributed by atoms with Gasteiger partial charge in [0.1, 0.15) is 0 Å². The van der Waals surface area contributed by atoms with Crippen LogP contribution in [0.1, 0.15) is 52.4 Å². The second kappa shape index (κ2) is 7.74. The summed E-state index contributed by atoms with van der Waals surface area (Å²) >= 11 is 0. The van der Waals surface area contributed by atoms with Gasteiger partial charge in [-0.1, -0.05) is 6.92 Å².